The van der Waals surface area contributed by atoms with Gasteiger partial charge in [0.05, 0.1) is 16.1 Å². The van der Waals surface area contributed by atoms with Crippen molar-refractivity contribution in [2.75, 3.05) is 18.0 Å². The third-order valence-corrected chi connectivity index (χ3v) is 9.78. The van der Waals surface area contributed by atoms with Crippen molar-refractivity contribution in [2.45, 2.75) is 97.6 Å². The predicted molar refractivity (Wildman–Crippen MR) is 168 cm³/mol. The Kier molecular flexibility index (Phi) is 9.45. The molecule has 9 heteroatoms. The number of carbonyl (C=O) groups is 3. The van der Waals surface area contributed by atoms with Gasteiger partial charge in [-0.15, -0.1) is 11.3 Å². The summed E-state index contributed by atoms with van der Waals surface area (Å²) in [6.45, 7) is 9.88. The number of likely N-dealkylation sites (tertiary alicyclic amines) is 1. The quantitative estimate of drug-likeness (QED) is 0.356. The van der Waals surface area contributed by atoms with Crippen LogP contribution in [0, 0.1) is 29.1 Å². The number of pyridine rings is 1. The molecule has 0 unspecified atom stereocenters. The first kappa shape index (κ1) is 31.1. The zero-order valence-electron chi connectivity index (χ0n) is 25.7. The van der Waals surface area contributed by atoms with Crippen LogP contribution in [0.3, 0.4) is 0 Å². The zero-order chi connectivity index (χ0) is 30.7. The number of rotatable bonds is 7. The number of aromatic carboxylic acids is 1. The van der Waals surface area contributed by atoms with Gasteiger partial charge in [0.25, 0.3) is 5.91 Å². The molecule has 0 radical (unpaired) electrons. The molecule has 1 aliphatic heterocycles. The molecule has 0 aromatic carbocycles. The Labute approximate surface area is 258 Å². The lowest BCUT2D eigenvalue weighted by Crippen LogP contribution is -2.47. The molecule has 3 heterocycles. The van der Waals surface area contributed by atoms with E-state index in [4.69, 9.17) is 4.74 Å². The first-order valence-corrected chi connectivity index (χ1v) is 16.5. The lowest BCUT2D eigenvalue weighted by atomic mass is 9.81. The van der Waals surface area contributed by atoms with Crippen LogP contribution in [0.2, 0.25) is 0 Å². The summed E-state index contributed by atoms with van der Waals surface area (Å²) in [6.07, 6.45) is 9.08. The second-order valence-electron chi connectivity index (χ2n) is 13.4. The van der Waals surface area contributed by atoms with Crippen molar-refractivity contribution < 1.29 is 24.2 Å². The van der Waals surface area contributed by atoms with Crippen LogP contribution in [0.4, 0.5) is 5.69 Å². The van der Waals surface area contributed by atoms with E-state index < -0.39 is 5.97 Å². The highest BCUT2D eigenvalue weighted by atomic mass is 32.1. The molecule has 2 aromatic heterocycles. The molecule has 3 fully saturated rings. The minimum atomic E-state index is -1.03. The Balaban J connectivity index is 1.32. The molecule has 3 aliphatic rings. The van der Waals surface area contributed by atoms with Gasteiger partial charge in [-0.25, -0.2) is 9.78 Å². The van der Waals surface area contributed by atoms with E-state index in [9.17, 15) is 19.5 Å². The fourth-order valence-electron chi connectivity index (χ4n) is 6.09. The number of aromatic nitrogens is 1. The van der Waals surface area contributed by atoms with Crippen LogP contribution < -0.4 is 9.64 Å². The zero-order valence-corrected chi connectivity index (χ0v) is 26.5. The SMILES string of the molecule is CC1CCC(C(=O)N(c2cc(C#CC(C)(C)C)sc2C(=O)O)C2CCC(Oc3ccc(C(=O)N4CCC4)cn3)CC2)CC1. The molecule has 0 spiro atoms. The van der Waals surface area contributed by atoms with Gasteiger partial charge in [-0.1, -0.05) is 18.8 Å². The number of hydrogen-bond donors (Lipinski definition) is 1. The van der Waals surface area contributed by atoms with Gasteiger partial charge in [-0.05, 0) is 96.6 Å². The van der Waals surface area contributed by atoms with Gasteiger partial charge in [-0.3, -0.25) is 9.59 Å². The lowest BCUT2D eigenvalue weighted by molar-refractivity contribution is -0.124. The summed E-state index contributed by atoms with van der Waals surface area (Å²) in [4.78, 5) is 47.9. The van der Waals surface area contributed by atoms with E-state index in [1.807, 2.05) is 36.6 Å². The third kappa shape index (κ3) is 7.59. The van der Waals surface area contributed by atoms with Crippen LogP contribution in [0.15, 0.2) is 24.4 Å². The Bertz CT molecular complexity index is 1380. The van der Waals surface area contributed by atoms with E-state index in [-0.39, 0.29) is 40.2 Å². The van der Waals surface area contributed by atoms with Gasteiger partial charge in [-0.2, -0.15) is 0 Å². The molecular weight excluding hydrogens is 562 g/mol. The van der Waals surface area contributed by atoms with Crippen molar-refractivity contribution in [3.8, 4) is 17.7 Å². The molecule has 1 N–H and O–H groups in total. The fourth-order valence-corrected chi connectivity index (χ4v) is 6.94. The van der Waals surface area contributed by atoms with E-state index in [1.165, 1.54) is 0 Å². The van der Waals surface area contributed by atoms with Crippen LogP contribution in [-0.4, -0.2) is 58.0 Å². The summed E-state index contributed by atoms with van der Waals surface area (Å²) in [5.41, 5.74) is 0.825. The summed E-state index contributed by atoms with van der Waals surface area (Å²) in [6, 6.07) is 5.21. The number of carbonyl (C=O) groups excluding carboxylic acids is 2. The van der Waals surface area contributed by atoms with Crippen LogP contribution in [-0.2, 0) is 4.79 Å². The lowest BCUT2D eigenvalue weighted by Gasteiger charge is -2.39. The topological polar surface area (TPSA) is 100 Å². The van der Waals surface area contributed by atoms with Crippen LogP contribution in [0.1, 0.15) is 110 Å². The summed E-state index contributed by atoms with van der Waals surface area (Å²) < 4.78 is 6.19. The van der Waals surface area contributed by atoms with E-state index in [1.54, 1.807) is 18.3 Å². The Morgan fingerprint density at radius 2 is 1.74 bits per heavy atom. The number of carboxylic acid groups (broad SMARTS) is 1. The summed E-state index contributed by atoms with van der Waals surface area (Å²) in [5.74, 6) is 6.37. The van der Waals surface area contributed by atoms with Crippen molar-refractivity contribution in [2.24, 2.45) is 17.3 Å². The monoisotopic (exact) mass is 605 g/mol. The highest BCUT2D eigenvalue weighted by Crippen LogP contribution is 2.39. The average molecular weight is 606 g/mol. The largest absolute Gasteiger partial charge is 0.477 e. The van der Waals surface area contributed by atoms with E-state index in [0.29, 0.717) is 40.8 Å². The summed E-state index contributed by atoms with van der Waals surface area (Å²) in [5, 5.41) is 10.2. The number of carboxylic acids is 1. The van der Waals surface area contributed by atoms with Crippen molar-refractivity contribution in [1.29, 1.82) is 0 Å². The molecule has 43 heavy (non-hydrogen) atoms. The van der Waals surface area contributed by atoms with Gasteiger partial charge >= 0.3 is 5.97 Å². The van der Waals surface area contributed by atoms with E-state index in [2.05, 4.69) is 23.7 Å². The molecule has 5 rings (SSSR count). The van der Waals surface area contributed by atoms with Gasteiger partial charge in [0.1, 0.15) is 11.0 Å². The van der Waals surface area contributed by atoms with Gasteiger partial charge in [0.15, 0.2) is 0 Å². The molecule has 0 atom stereocenters. The second kappa shape index (κ2) is 13.1. The van der Waals surface area contributed by atoms with Crippen LogP contribution >= 0.6 is 11.3 Å². The van der Waals surface area contributed by atoms with Crippen LogP contribution in [0.5, 0.6) is 5.88 Å². The number of nitrogens with zero attached hydrogens (tertiary/aromatic N) is 3. The Morgan fingerprint density at radius 3 is 2.30 bits per heavy atom. The number of anilines is 1. The average Bonchev–Trinajstić information content (AvgIpc) is 3.37. The molecule has 2 aliphatic carbocycles. The maximum atomic E-state index is 14.2. The predicted octanol–water partition coefficient (Wildman–Crippen LogP) is 6.63. The van der Waals surface area contributed by atoms with Gasteiger partial charge in [0.2, 0.25) is 11.8 Å². The maximum absolute atomic E-state index is 14.2. The first-order chi connectivity index (χ1) is 20.5. The fraction of sp³-hybridized carbons (Fsp3) is 0.588. The number of ether oxygens (including phenoxy) is 1. The highest BCUT2D eigenvalue weighted by molar-refractivity contribution is 7.15. The first-order valence-electron chi connectivity index (χ1n) is 15.6. The molecule has 0 bridgehead atoms. The van der Waals surface area contributed by atoms with E-state index in [0.717, 1.165) is 69.4 Å². The molecule has 230 valence electrons. The molecular formula is C34H43N3O5S. The maximum Gasteiger partial charge on any atom is 0.348 e. The minimum Gasteiger partial charge on any atom is -0.477 e. The number of thiophene rings is 1. The smallest absolute Gasteiger partial charge is 0.348 e. The Hall–Kier alpha value is -3.38. The summed E-state index contributed by atoms with van der Waals surface area (Å²) in [7, 11) is 0. The molecule has 2 amide bonds. The van der Waals surface area contributed by atoms with E-state index >= 15 is 0 Å². The summed E-state index contributed by atoms with van der Waals surface area (Å²) >= 11 is 1.15. The normalized spacial score (nSPS) is 23.9. The van der Waals surface area contributed by atoms with Crippen molar-refractivity contribution in [1.82, 2.24) is 9.88 Å². The van der Waals surface area contributed by atoms with Gasteiger partial charge < -0.3 is 19.6 Å². The third-order valence-electron chi connectivity index (χ3n) is 8.75. The number of hydrogen-bond acceptors (Lipinski definition) is 6. The molecule has 2 saturated carbocycles. The minimum absolute atomic E-state index is 0.00435. The number of amides is 2. The molecule has 8 nitrogen and oxygen atoms in total. The molecule has 1 saturated heterocycles. The van der Waals surface area contributed by atoms with Crippen molar-refractivity contribution >= 4 is 34.8 Å². The van der Waals surface area contributed by atoms with Crippen LogP contribution in [0.25, 0.3) is 0 Å². The standard InChI is InChI=1S/C34H43N3O5S/c1-22-6-8-23(9-7-22)32(39)37(28-20-27(16-17-34(2,3)4)43-30(28)33(40)41)25-11-13-26(14-12-25)42-29-15-10-24(21-35-29)31(38)36-18-5-19-36/h10,15,20-23,25-26H,5-9,11-14,18-19H2,1-4H3,(H,40,41). The van der Waals surface area contributed by atoms with Crippen molar-refractivity contribution in [3.63, 3.8) is 0 Å². The van der Waals surface area contributed by atoms with Gasteiger partial charge in [0, 0.05) is 42.7 Å². The highest BCUT2D eigenvalue weighted by Gasteiger charge is 2.38. The van der Waals surface area contributed by atoms with Crippen molar-refractivity contribution in [3.05, 3.63) is 39.7 Å². The molecule has 2 aromatic rings. The second-order valence-corrected chi connectivity index (χ2v) is 14.4. The Morgan fingerprint density at radius 1 is 1.05 bits per heavy atom.